The number of fused-ring (bicyclic) bond motifs is 1. The smallest absolute Gasteiger partial charge is 0.291 e. The van der Waals surface area contributed by atoms with Crippen LogP contribution in [0.25, 0.3) is 11.0 Å². The van der Waals surface area contributed by atoms with Gasteiger partial charge in [-0.05, 0) is 62.6 Å². The second-order valence-electron chi connectivity index (χ2n) is 7.59. The van der Waals surface area contributed by atoms with Gasteiger partial charge in [0.15, 0.2) is 5.76 Å². The number of benzene rings is 2. The van der Waals surface area contributed by atoms with Crippen LogP contribution in [0.2, 0.25) is 0 Å². The number of halogens is 1. The van der Waals surface area contributed by atoms with E-state index in [2.05, 4.69) is 21.2 Å². The van der Waals surface area contributed by atoms with Crippen LogP contribution in [-0.2, 0) is 10.0 Å². The standard InChI is InChI=1S/C22H23BrN2O4S/c1-14-6-8-17(30(27,28)25-10-4-3-5-11-25)13-19(14)24-22(26)21-15(2)18-12-16(23)7-9-20(18)29-21/h6-9,12-13H,3-5,10-11H2,1-2H3,(H,24,26). The Morgan fingerprint density at radius 2 is 1.80 bits per heavy atom. The van der Waals surface area contributed by atoms with Crippen molar-refractivity contribution in [3.63, 3.8) is 0 Å². The van der Waals surface area contributed by atoms with Gasteiger partial charge in [0, 0.05) is 34.2 Å². The first-order valence-corrected chi connectivity index (χ1v) is 12.1. The van der Waals surface area contributed by atoms with Crippen LogP contribution in [-0.4, -0.2) is 31.7 Å². The van der Waals surface area contributed by atoms with E-state index >= 15 is 0 Å². The first-order valence-electron chi connectivity index (χ1n) is 9.88. The third kappa shape index (κ3) is 3.91. The molecule has 0 bridgehead atoms. The Hall–Kier alpha value is -2.16. The molecule has 4 rings (SSSR count). The van der Waals surface area contributed by atoms with Crippen LogP contribution in [0.4, 0.5) is 5.69 Å². The lowest BCUT2D eigenvalue weighted by Gasteiger charge is -2.26. The Morgan fingerprint density at radius 1 is 1.07 bits per heavy atom. The van der Waals surface area contributed by atoms with Crippen molar-refractivity contribution in [2.45, 2.75) is 38.0 Å². The molecule has 1 aliphatic rings. The maximum atomic E-state index is 13.0. The van der Waals surface area contributed by atoms with Crippen molar-refractivity contribution in [2.24, 2.45) is 0 Å². The fourth-order valence-electron chi connectivity index (χ4n) is 3.74. The van der Waals surface area contributed by atoms with Crippen molar-refractivity contribution in [2.75, 3.05) is 18.4 Å². The molecular weight excluding hydrogens is 468 g/mol. The first kappa shape index (κ1) is 21.1. The van der Waals surface area contributed by atoms with Gasteiger partial charge in [0.1, 0.15) is 5.58 Å². The summed E-state index contributed by atoms with van der Waals surface area (Å²) in [5.41, 5.74) is 2.59. The van der Waals surface area contributed by atoms with Crippen LogP contribution in [0, 0.1) is 13.8 Å². The molecule has 0 aliphatic carbocycles. The molecule has 1 amide bonds. The van der Waals surface area contributed by atoms with E-state index in [1.807, 2.05) is 26.0 Å². The molecule has 30 heavy (non-hydrogen) atoms. The molecule has 3 aromatic rings. The molecule has 1 fully saturated rings. The Balaban J connectivity index is 1.64. The predicted molar refractivity (Wildman–Crippen MR) is 120 cm³/mol. The number of anilines is 1. The lowest BCUT2D eigenvalue weighted by atomic mass is 10.1. The van der Waals surface area contributed by atoms with Crippen molar-refractivity contribution in [1.82, 2.24) is 4.31 Å². The van der Waals surface area contributed by atoms with Crippen LogP contribution in [0.15, 0.2) is 50.2 Å². The molecule has 0 unspecified atom stereocenters. The number of amides is 1. The molecule has 2 heterocycles. The quantitative estimate of drug-likeness (QED) is 0.542. The van der Waals surface area contributed by atoms with Gasteiger partial charge in [0.25, 0.3) is 5.91 Å². The molecule has 2 aromatic carbocycles. The molecule has 158 valence electrons. The van der Waals surface area contributed by atoms with Crippen LogP contribution in [0.5, 0.6) is 0 Å². The molecule has 1 saturated heterocycles. The van der Waals surface area contributed by atoms with Gasteiger partial charge in [-0.2, -0.15) is 4.31 Å². The third-order valence-corrected chi connectivity index (χ3v) is 7.90. The highest BCUT2D eigenvalue weighted by Gasteiger charge is 2.27. The van der Waals surface area contributed by atoms with E-state index < -0.39 is 15.9 Å². The van der Waals surface area contributed by atoms with E-state index in [0.29, 0.717) is 24.4 Å². The molecule has 6 nitrogen and oxygen atoms in total. The summed E-state index contributed by atoms with van der Waals surface area (Å²) in [6.07, 6.45) is 2.79. The summed E-state index contributed by atoms with van der Waals surface area (Å²) in [5, 5.41) is 3.69. The number of rotatable bonds is 4. The molecule has 1 N–H and O–H groups in total. The van der Waals surface area contributed by atoms with Crippen molar-refractivity contribution < 1.29 is 17.6 Å². The summed E-state index contributed by atoms with van der Waals surface area (Å²) >= 11 is 3.43. The Kier molecular flexibility index (Phi) is 5.74. The van der Waals surface area contributed by atoms with Crippen LogP contribution in [0.1, 0.15) is 40.9 Å². The van der Waals surface area contributed by atoms with Gasteiger partial charge in [0.05, 0.1) is 4.90 Å². The minimum Gasteiger partial charge on any atom is -0.451 e. The number of hydrogen-bond acceptors (Lipinski definition) is 4. The van der Waals surface area contributed by atoms with Gasteiger partial charge in [0.2, 0.25) is 10.0 Å². The molecule has 0 saturated carbocycles. The largest absolute Gasteiger partial charge is 0.451 e. The first-order chi connectivity index (χ1) is 14.3. The normalized spacial score (nSPS) is 15.4. The second-order valence-corrected chi connectivity index (χ2v) is 10.4. The van der Waals surface area contributed by atoms with E-state index in [0.717, 1.165) is 40.2 Å². The van der Waals surface area contributed by atoms with Crippen LogP contribution >= 0.6 is 15.9 Å². The number of carbonyl (C=O) groups excluding carboxylic acids is 1. The topological polar surface area (TPSA) is 79.6 Å². The van der Waals surface area contributed by atoms with E-state index in [1.54, 1.807) is 18.2 Å². The highest BCUT2D eigenvalue weighted by Crippen LogP contribution is 2.30. The maximum Gasteiger partial charge on any atom is 0.291 e. The van der Waals surface area contributed by atoms with Crippen LogP contribution in [0.3, 0.4) is 0 Å². The van der Waals surface area contributed by atoms with Gasteiger partial charge >= 0.3 is 0 Å². The summed E-state index contributed by atoms with van der Waals surface area (Å²) < 4.78 is 34.2. The molecule has 8 heteroatoms. The molecule has 0 radical (unpaired) electrons. The van der Waals surface area contributed by atoms with Gasteiger partial charge in [-0.3, -0.25) is 4.79 Å². The Morgan fingerprint density at radius 3 is 2.53 bits per heavy atom. The van der Waals surface area contributed by atoms with Crippen LogP contribution < -0.4 is 5.32 Å². The summed E-state index contributed by atoms with van der Waals surface area (Å²) in [7, 11) is -3.58. The zero-order chi connectivity index (χ0) is 21.5. The second kappa shape index (κ2) is 8.17. The van der Waals surface area contributed by atoms with Gasteiger partial charge in [-0.25, -0.2) is 8.42 Å². The lowest BCUT2D eigenvalue weighted by molar-refractivity contribution is 0.0997. The number of nitrogens with one attached hydrogen (secondary N) is 1. The van der Waals surface area contributed by atoms with Crippen molar-refractivity contribution in [3.8, 4) is 0 Å². The number of carbonyl (C=O) groups is 1. The predicted octanol–water partition coefficient (Wildman–Crippen LogP) is 5.24. The molecule has 1 aromatic heterocycles. The SMILES string of the molecule is Cc1ccc(S(=O)(=O)N2CCCCC2)cc1NC(=O)c1oc2ccc(Br)cc2c1C. The highest BCUT2D eigenvalue weighted by molar-refractivity contribution is 9.10. The van der Waals surface area contributed by atoms with Crippen molar-refractivity contribution in [3.05, 3.63) is 57.8 Å². The summed E-state index contributed by atoms with van der Waals surface area (Å²) in [5.74, 6) is -0.192. The van der Waals surface area contributed by atoms with Crippen molar-refractivity contribution >= 4 is 48.5 Å². The fraction of sp³-hybridized carbons (Fsp3) is 0.318. The fourth-order valence-corrected chi connectivity index (χ4v) is 5.64. The van der Waals surface area contributed by atoms with E-state index in [-0.39, 0.29) is 10.7 Å². The Bertz CT molecular complexity index is 1230. The zero-order valence-corrected chi connectivity index (χ0v) is 19.3. The molecule has 1 aliphatic heterocycles. The van der Waals surface area contributed by atoms with Gasteiger partial charge < -0.3 is 9.73 Å². The summed E-state index contributed by atoms with van der Waals surface area (Å²) in [6, 6.07) is 10.4. The molecule has 0 spiro atoms. The highest BCUT2D eigenvalue weighted by atomic mass is 79.9. The number of aryl methyl sites for hydroxylation is 2. The number of furan rings is 1. The zero-order valence-electron chi connectivity index (χ0n) is 16.9. The molecule has 0 atom stereocenters. The van der Waals surface area contributed by atoms with Gasteiger partial charge in [-0.15, -0.1) is 0 Å². The molecular formula is C22H23BrN2O4S. The average molecular weight is 491 g/mol. The minimum absolute atomic E-state index is 0.190. The number of nitrogens with zero attached hydrogens (tertiary/aromatic N) is 1. The third-order valence-electron chi connectivity index (χ3n) is 5.51. The van der Waals surface area contributed by atoms with E-state index in [1.165, 1.54) is 10.4 Å². The number of piperidine rings is 1. The average Bonchev–Trinajstić information content (AvgIpc) is 3.06. The summed E-state index contributed by atoms with van der Waals surface area (Å²) in [4.78, 5) is 13.1. The summed E-state index contributed by atoms with van der Waals surface area (Å²) in [6.45, 7) is 4.73. The lowest BCUT2D eigenvalue weighted by Crippen LogP contribution is -2.35. The maximum absolute atomic E-state index is 13.0. The van der Waals surface area contributed by atoms with E-state index in [4.69, 9.17) is 4.42 Å². The number of hydrogen-bond donors (Lipinski definition) is 1. The minimum atomic E-state index is -3.58. The van der Waals surface area contributed by atoms with E-state index in [9.17, 15) is 13.2 Å². The Labute approximate surface area is 184 Å². The monoisotopic (exact) mass is 490 g/mol. The van der Waals surface area contributed by atoms with Gasteiger partial charge in [-0.1, -0.05) is 28.4 Å². The number of sulfonamides is 1. The van der Waals surface area contributed by atoms with Crippen molar-refractivity contribution in [1.29, 1.82) is 0 Å².